The first-order chi connectivity index (χ1) is 14.8. The van der Waals surface area contributed by atoms with Crippen molar-refractivity contribution in [2.24, 2.45) is 0 Å². The number of H-pyrrole nitrogens is 1. The number of hydrogen-bond acceptors (Lipinski definition) is 4. The molecule has 0 aliphatic heterocycles. The lowest BCUT2D eigenvalue weighted by Crippen LogP contribution is -2.32. The van der Waals surface area contributed by atoms with Crippen LogP contribution in [0.4, 0.5) is 0 Å². The monoisotopic (exact) mass is 421 g/mol. The van der Waals surface area contributed by atoms with Gasteiger partial charge in [-0.2, -0.15) is 0 Å². The van der Waals surface area contributed by atoms with Crippen LogP contribution >= 0.6 is 11.8 Å². The Morgan fingerprint density at radius 3 is 2.90 bits per heavy atom. The standard InChI is InChI=1S/C23H27N5OS/c1-2-27(16-8-4-3-5-9-16)21(29)15-30-23-26-25-22(28(23)17-12-13-17)19-14-24-20-11-7-6-10-18(19)20/h6-8,10-11,14,17,24H,2-5,9,12-13,15H2,1H3. The van der Waals surface area contributed by atoms with E-state index >= 15 is 0 Å². The maximum Gasteiger partial charge on any atom is 0.237 e. The van der Waals surface area contributed by atoms with Crippen LogP contribution in [0.5, 0.6) is 0 Å². The Labute approximate surface area is 180 Å². The molecule has 2 heterocycles. The Hall–Kier alpha value is -2.54. The number of allylic oxidation sites excluding steroid dienone is 2. The average molecular weight is 422 g/mol. The lowest BCUT2D eigenvalue weighted by Gasteiger charge is -2.26. The Morgan fingerprint density at radius 1 is 1.27 bits per heavy atom. The van der Waals surface area contributed by atoms with Crippen molar-refractivity contribution in [2.45, 2.75) is 56.6 Å². The number of carbonyl (C=O) groups is 1. The molecule has 0 bridgehead atoms. The number of rotatable bonds is 7. The highest BCUT2D eigenvalue weighted by atomic mass is 32.2. The maximum absolute atomic E-state index is 13.0. The molecule has 1 saturated carbocycles. The molecule has 0 saturated heterocycles. The lowest BCUT2D eigenvalue weighted by atomic mass is 10.0. The lowest BCUT2D eigenvalue weighted by molar-refractivity contribution is -0.126. The van der Waals surface area contributed by atoms with Crippen molar-refractivity contribution in [3.63, 3.8) is 0 Å². The van der Waals surface area contributed by atoms with Gasteiger partial charge in [-0.1, -0.05) is 36.0 Å². The van der Waals surface area contributed by atoms with Gasteiger partial charge >= 0.3 is 0 Å². The second-order valence-electron chi connectivity index (χ2n) is 8.02. The summed E-state index contributed by atoms with van der Waals surface area (Å²) < 4.78 is 2.24. The van der Waals surface area contributed by atoms with Gasteiger partial charge in [0.15, 0.2) is 11.0 Å². The SMILES string of the molecule is CCN(C(=O)CSc1nnc(-c2c[nH]c3ccccc23)n1C1CC1)C1=CCCCC1. The largest absolute Gasteiger partial charge is 0.360 e. The molecule has 0 spiro atoms. The first-order valence-electron chi connectivity index (χ1n) is 10.9. The number of fused-ring (bicyclic) bond motifs is 1. The third-order valence-electron chi connectivity index (χ3n) is 5.96. The molecule has 1 N–H and O–H groups in total. The number of thioether (sulfide) groups is 1. The molecule has 6 nitrogen and oxygen atoms in total. The van der Waals surface area contributed by atoms with Gasteiger partial charge < -0.3 is 9.88 Å². The summed E-state index contributed by atoms with van der Waals surface area (Å²) in [5.74, 6) is 1.45. The second-order valence-corrected chi connectivity index (χ2v) is 8.97. The number of nitrogens with zero attached hydrogens (tertiary/aromatic N) is 4. The highest BCUT2D eigenvalue weighted by Crippen LogP contribution is 2.42. The molecule has 156 valence electrons. The summed E-state index contributed by atoms with van der Waals surface area (Å²) in [5, 5.41) is 11.0. The van der Waals surface area contributed by atoms with Gasteiger partial charge in [-0.15, -0.1) is 10.2 Å². The van der Waals surface area contributed by atoms with Gasteiger partial charge in [-0.3, -0.25) is 9.36 Å². The number of aromatic amines is 1. The van der Waals surface area contributed by atoms with Gasteiger partial charge in [0, 0.05) is 40.9 Å². The maximum atomic E-state index is 13.0. The fourth-order valence-electron chi connectivity index (χ4n) is 4.29. The summed E-state index contributed by atoms with van der Waals surface area (Å²) in [6.07, 6.45) is 11.0. The van der Waals surface area contributed by atoms with Crippen molar-refractivity contribution in [3.05, 3.63) is 42.2 Å². The molecule has 0 atom stereocenters. The zero-order valence-electron chi connectivity index (χ0n) is 17.3. The Balaban J connectivity index is 1.38. The Bertz CT molecular complexity index is 1090. The molecule has 2 aromatic heterocycles. The van der Waals surface area contributed by atoms with Gasteiger partial charge in [-0.05, 0) is 51.5 Å². The zero-order chi connectivity index (χ0) is 20.5. The van der Waals surface area contributed by atoms with Crippen molar-refractivity contribution in [1.29, 1.82) is 0 Å². The summed E-state index contributed by atoms with van der Waals surface area (Å²) in [6.45, 7) is 2.78. The molecule has 0 unspecified atom stereocenters. The van der Waals surface area contributed by atoms with Crippen LogP contribution in [0.2, 0.25) is 0 Å². The summed E-state index contributed by atoms with van der Waals surface area (Å²) in [6, 6.07) is 8.70. The van der Waals surface area contributed by atoms with Crippen LogP contribution in [0.3, 0.4) is 0 Å². The van der Waals surface area contributed by atoms with E-state index in [1.54, 1.807) is 0 Å². The highest BCUT2D eigenvalue weighted by Gasteiger charge is 2.31. The van der Waals surface area contributed by atoms with E-state index in [-0.39, 0.29) is 5.91 Å². The van der Waals surface area contributed by atoms with E-state index in [0.29, 0.717) is 11.8 Å². The molecule has 0 radical (unpaired) electrons. The van der Waals surface area contributed by atoms with Gasteiger partial charge in [0.05, 0.1) is 5.75 Å². The normalized spacial score (nSPS) is 16.6. The van der Waals surface area contributed by atoms with Crippen molar-refractivity contribution < 1.29 is 4.79 Å². The third kappa shape index (κ3) is 3.67. The summed E-state index contributed by atoms with van der Waals surface area (Å²) in [7, 11) is 0. The molecule has 1 amide bonds. The molecule has 5 rings (SSSR count). The molecule has 2 aliphatic carbocycles. The van der Waals surface area contributed by atoms with E-state index < -0.39 is 0 Å². The second kappa shape index (κ2) is 8.30. The Kier molecular flexibility index (Phi) is 5.37. The molecular formula is C23H27N5OS. The fraction of sp³-hybridized carbons (Fsp3) is 0.435. The van der Waals surface area contributed by atoms with E-state index in [9.17, 15) is 4.79 Å². The topological polar surface area (TPSA) is 66.8 Å². The fourth-order valence-corrected chi connectivity index (χ4v) is 5.17. The van der Waals surface area contributed by atoms with Crippen molar-refractivity contribution in [2.75, 3.05) is 12.3 Å². The van der Waals surface area contributed by atoms with E-state index in [0.717, 1.165) is 59.7 Å². The van der Waals surface area contributed by atoms with Gasteiger partial charge in [0.2, 0.25) is 5.91 Å². The number of nitrogens with one attached hydrogen (secondary N) is 1. The molecule has 1 aromatic carbocycles. The smallest absolute Gasteiger partial charge is 0.237 e. The summed E-state index contributed by atoms with van der Waals surface area (Å²) in [5.41, 5.74) is 3.37. The molecule has 7 heteroatoms. The van der Waals surface area contributed by atoms with Crippen LogP contribution < -0.4 is 0 Å². The van der Waals surface area contributed by atoms with Crippen LogP contribution in [0, 0.1) is 0 Å². The minimum absolute atomic E-state index is 0.162. The van der Waals surface area contributed by atoms with Crippen molar-refractivity contribution in [1.82, 2.24) is 24.6 Å². The quantitative estimate of drug-likeness (QED) is 0.535. The highest BCUT2D eigenvalue weighted by molar-refractivity contribution is 7.99. The van der Waals surface area contributed by atoms with Crippen LogP contribution in [-0.2, 0) is 4.79 Å². The number of aromatic nitrogens is 4. The first kappa shape index (κ1) is 19.4. The molecule has 2 aliphatic rings. The van der Waals surface area contributed by atoms with E-state index in [1.807, 2.05) is 23.2 Å². The predicted molar refractivity (Wildman–Crippen MR) is 120 cm³/mol. The molecular weight excluding hydrogens is 394 g/mol. The summed E-state index contributed by atoms with van der Waals surface area (Å²) >= 11 is 1.52. The van der Waals surface area contributed by atoms with Crippen LogP contribution in [-0.4, -0.2) is 42.9 Å². The van der Waals surface area contributed by atoms with Gasteiger partial charge in [0.1, 0.15) is 0 Å². The van der Waals surface area contributed by atoms with E-state index in [1.165, 1.54) is 30.3 Å². The van der Waals surface area contributed by atoms with Crippen molar-refractivity contribution >= 4 is 28.6 Å². The number of amides is 1. The number of benzene rings is 1. The van der Waals surface area contributed by atoms with Gasteiger partial charge in [-0.25, -0.2) is 0 Å². The summed E-state index contributed by atoms with van der Waals surface area (Å²) in [4.78, 5) is 18.2. The van der Waals surface area contributed by atoms with Crippen LogP contribution in [0.25, 0.3) is 22.3 Å². The minimum atomic E-state index is 0.162. The number of para-hydroxylation sites is 1. The van der Waals surface area contributed by atoms with E-state index in [2.05, 4.69) is 44.9 Å². The third-order valence-corrected chi connectivity index (χ3v) is 6.89. The number of hydrogen-bond donors (Lipinski definition) is 1. The minimum Gasteiger partial charge on any atom is -0.360 e. The Morgan fingerprint density at radius 2 is 2.13 bits per heavy atom. The molecule has 30 heavy (non-hydrogen) atoms. The van der Waals surface area contributed by atoms with Crippen LogP contribution in [0.1, 0.15) is 51.5 Å². The van der Waals surface area contributed by atoms with Crippen LogP contribution in [0.15, 0.2) is 47.4 Å². The molecule has 3 aromatic rings. The average Bonchev–Trinajstić information content (AvgIpc) is 3.39. The van der Waals surface area contributed by atoms with E-state index in [4.69, 9.17) is 0 Å². The predicted octanol–water partition coefficient (Wildman–Crippen LogP) is 5.16. The molecule has 1 fully saturated rings. The number of carbonyl (C=O) groups excluding carboxylic acids is 1. The van der Waals surface area contributed by atoms with Gasteiger partial charge in [0.25, 0.3) is 0 Å². The zero-order valence-corrected chi connectivity index (χ0v) is 18.1. The van der Waals surface area contributed by atoms with Crippen molar-refractivity contribution in [3.8, 4) is 11.4 Å². The first-order valence-corrected chi connectivity index (χ1v) is 11.9.